The number of carbonyl (C=O) groups is 1. The van der Waals surface area contributed by atoms with Gasteiger partial charge in [0.25, 0.3) is 10.0 Å². The zero-order valence-corrected chi connectivity index (χ0v) is 23.5. The topological polar surface area (TPSA) is 63.7 Å². The number of rotatable bonds is 6. The lowest BCUT2D eigenvalue weighted by molar-refractivity contribution is -0.143. The van der Waals surface area contributed by atoms with Crippen molar-refractivity contribution in [1.29, 1.82) is 0 Å². The minimum absolute atomic E-state index is 0.0912. The Labute approximate surface area is 233 Å². The van der Waals surface area contributed by atoms with Gasteiger partial charge in [-0.3, -0.25) is 9.10 Å². The Kier molecular flexibility index (Phi) is 7.23. The predicted molar refractivity (Wildman–Crippen MR) is 148 cm³/mol. The molecule has 0 spiro atoms. The first kappa shape index (κ1) is 28.2. The van der Waals surface area contributed by atoms with Crippen LogP contribution in [-0.2, 0) is 37.6 Å². The molecule has 2 aliphatic rings. The Balaban J connectivity index is 1.48. The van der Waals surface area contributed by atoms with Crippen LogP contribution < -0.4 is 4.31 Å². The first-order chi connectivity index (χ1) is 18.8. The average Bonchev–Trinajstić information content (AvgIpc) is 3.19. The van der Waals surface area contributed by atoms with E-state index in [1.165, 1.54) is 16.4 Å². The third kappa shape index (κ3) is 5.23. The second-order valence-electron chi connectivity index (χ2n) is 11.2. The maximum Gasteiger partial charge on any atom is 0.416 e. The molecule has 1 unspecified atom stereocenters. The van der Waals surface area contributed by atoms with Crippen molar-refractivity contribution in [3.8, 4) is 11.1 Å². The monoisotopic (exact) mass is 571 g/mol. The van der Waals surface area contributed by atoms with Crippen LogP contribution in [0.3, 0.4) is 0 Å². The molecule has 5 rings (SSSR count). The average molecular weight is 572 g/mol. The molecular weight excluding hydrogens is 539 g/mol. The molecule has 0 saturated carbocycles. The van der Waals surface area contributed by atoms with E-state index in [1.54, 1.807) is 31.2 Å². The SMILES string of the molecule is CCOC(=O)CC1CCCc2ccc(S(=O)(=O)N3CC(C)(C)c4cc(-c5ccc(C(F)(F)F)cc5)ccc43)cc21. The molecule has 1 aliphatic heterocycles. The van der Waals surface area contributed by atoms with Crippen LogP contribution in [0.5, 0.6) is 0 Å². The molecule has 1 aliphatic carbocycles. The number of fused-ring (bicyclic) bond motifs is 2. The number of benzene rings is 3. The third-order valence-electron chi connectivity index (χ3n) is 7.94. The Bertz CT molecular complexity index is 1550. The molecule has 9 heteroatoms. The van der Waals surface area contributed by atoms with Crippen LogP contribution in [0.1, 0.15) is 68.2 Å². The Hall–Kier alpha value is -3.33. The number of halogens is 3. The van der Waals surface area contributed by atoms with Gasteiger partial charge in [-0.25, -0.2) is 8.42 Å². The summed E-state index contributed by atoms with van der Waals surface area (Å²) in [6.07, 6.45) is -1.64. The van der Waals surface area contributed by atoms with E-state index in [0.717, 1.165) is 53.6 Å². The van der Waals surface area contributed by atoms with Gasteiger partial charge in [0.1, 0.15) is 0 Å². The van der Waals surface area contributed by atoms with E-state index in [9.17, 15) is 26.4 Å². The number of nitrogens with zero attached hydrogens (tertiary/aromatic N) is 1. The molecule has 5 nitrogen and oxygen atoms in total. The molecule has 0 saturated heterocycles. The van der Waals surface area contributed by atoms with Gasteiger partial charge < -0.3 is 4.74 Å². The van der Waals surface area contributed by atoms with Gasteiger partial charge in [-0.15, -0.1) is 0 Å². The van der Waals surface area contributed by atoms with Crippen molar-refractivity contribution in [2.45, 2.75) is 68.9 Å². The smallest absolute Gasteiger partial charge is 0.416 e. The van der Waals surface area contributed by atoms with Crippen molar-refractivity contribution in [2.24, 2.45) is 0 Å². The highest BCUT2D eigenvalue weighted by atomic mass is 32.2. The molecule has 212 valence electrons. The van der Waals surface area contributed by atoms with Gasteiger partial charge in [-0.1, -0.05) is 38.1 Å². The van der Waals surface area contributed by atoms with Gasteiger partial charge in [-0.2, -0.15) is 13.2 Å². The highest BCUT2D eigenvalue weighted by molar-refractivity contribution is 7.92. The van der Waals surface area contributed by atoms with Crippen molar-refractivity contribution in [3.63, 3.8) is 0 Å². The number of hydrogen-bond acceptors (Lipinski definition) is 4. The van der Waals surface area contributed by atoms with Gasteiger partial charge in [0, 0.05) is 12.0 Å². The van der Waals surface area contributed by atoms with Crippen LogP contribution in [0.25, 0.3) is 11.1 Å². The van der Waals surface area contributed by atoms with E-state index in [-0.39, 0.29) is 29.7 Å². The molecule has 3 aromatic carbocycles. The lowest BCUT2D eigenvalue weighted by Crippen LogP contribution is -2.34. The van der Waals surface area contributed by atoms with Gasteiger partial charge in [-0.05, 0) is 96.3 Å². The molecule has 0 N–H and O–H groups in total. The fourth-order valence-electron chi connectivity index (χ4n) is 5.87. The van der Waals surface area contributed by atoms with Gasteiger partial charge in [0.05, 0.1) is 29.2 Å². The Morgan fingerprint density at radius 3 is 2.40 bits per heavy atom. The summed E-state index contributed by atoms with van der Waals surface area (Å²) < 4.78 is 73.7. The van der Waals surface area contributed by atoms with Crippen molar-refractivity contribution >= 4 is 21.7 Å². The first-order valence-electron chi connectivity index (χ1n) is 13.4. The molecule has 1 heterocycles. The number of sulfonamides is 1. The van der Waals surface area contributed by atoms with E-state index < -0.39 is 27.2 Å². The van der Waals surface area contributed by atoms with Crippen molar-refractivity contribution in [2.75, 3.05) is 17.5 Å². The fourth-order valence-corrected chi connectivity index (χ4v) is 7.55. The third-order valence-corrected chi connectivity index (χ3v) is 9.70. The van der Waals surface area contributed by atoms with E-state index in [1.807, 2.05) is 26.0 Å². The number of carbonyl (C=O) groups excluding carboxylic acids is 1. The van der Waals surface area contributed by atoms with Crippen molar-refractivity contribution < 1.29 is 31.1 Å². The molecule has 0 amide bonds. The van der Waals surface area contributed by atoms with Gasteiger partial charge >= 0.3 is 12.1 Å². The van der Waals surface area contributed by atoms with Crippen LogP contribution in [0.15, 0.2) is 65.6 Å². The number of ether oxygens (including phenoxy) is 1. The van der Waals surface area contributed by atoms with Crippen molar-refractivity contribution in [3.05, 3.63) is 82.9 Å². The van der Waals surface area contributed by atoms with Crippen LogP contribution in [0.4, 0.5) is 18.9 Å². The summed E-state index contributed by atoms with van der Waals surface area (Å²) in [6.45, 7) is 6.21. The summed E-state index contributed by atoms with van der Waals surface area (Å²) in [5.41, 5.74) is 3.41. The molecule has 0 fully saturated rings. The summed E-state index contributed by atoms with van der Waals surface area (Å²) in [7, 11) is -3.93. The highest BCUT2D eigenvalue weighted by Gasteiger charge is 2.42. The maximum absolute atomic E-state index is 14.0. The van der Waals surface area contributed by atoms with Crippen LogP contribution in [-0.4, -0.2) is 27.5 Å². The quantitative estimate of drug-likeness (QED) is 0.293. The molecule has 1 atom stereocenters. The van der Waals surface area contributed by atoms with Gasteiger partial charge in [0.2, 0.25) is 0 Å². The second-order valence-corrected chi connectivity index (χ2v) is 13.0. The van der Waals surface area contributed by atoms with Gasteiger partial charge in [0.15, 0.2) is 0 Å². The first-order valence-corrected chi connectivity index (χ1v) is 14.9. The van der Waals surface area contributed by atoms with E-state index in [2.05, 4.69) is 0 Å². The standard InChI is InChI=1S/C31H32F3NO4S/c1-4-39-29(36)17-23-7-5-6-21-10-14-25(18-26(21)23)40(37,38)35-19-30(2,3)27-16-22(11-15-28(27)35)20-8-12-24(13-9-20)31(32,33)34/h8-16,18,23H,4-7,17,19H2,1-3H3. The lowest BCUT2D eigenvalue weighted by Gasteiger charge is -2.27. The molecule has 40 heavy (non-hydrogen) atoms. The number of hydrogen-bond donors (Lipinski definition) is 0. The minimum Gasteiger partial charge on any atom is -0.466 e. The van der Waals surface area contributed by atoms with E-state index in [4.69, 9.17) is 4.74 Å². The zero-order valence-electron chi connectivity index (χ0n) is 22.7. The maximum atomic E-state index is 14.0. The normalized spacial score (nSPS) is 18.2. The zero-order chi connectivity index (χ0) is 28.9. The number of esters is 1. The summed E-state index contributed by atoms with van der Waals surface area (Å²) in [5.74, 6) is -0.376. The summed E-state index contributed by atoms with van der Waals surface area (Å²) >= 11 is 0. The van der Waals surface area contributed by atoms with Crippen LogP contribution >= 0.6 is 0 Å². The molecule has 0 aromatic heterocycles. The summed E-state index contributed by atoms with van der Waals surface area (Å²) in [5, 5.41) is 0. The number of aryl methyl sites for hydroxylation is 1. The Morgan fingerprint density at radius 1 is 1.02 bits per heavy atom. The van der Waals surface area contributed by atoms with E-state index in [0.29, 0.717) is 17.9 Å². The number of alkyl halides is 3. The summed E-state index contributed by atoms with van der Waals surface area (Å²) in [4.78, 5) is 12.4. The molecule has 3 aromatic rings. The Morgan fingerprint density at radius 2 is 1.73 bits per heavy atom. The highest BCUT2D eigenvalue weighted by Crippen LogP contribution is 2.45. The second kappa shape index (κ2) is 10.3. The summed E-state index contributed by atoms with van der Waals surface area (Å²) in [6, 6.07) is 15.5. The van der Waals surface area contributed by atoms with E-state index >= 15 is 0 Å². The molecule has 0 radical (unpaired) electrons. The number of anilines is 1. The minimum atomic E-state index is -4.41. The van der Waals surface area contributed by atoms with Crippen molar-refractivity contribution in [1.82, 2.24) is 0 Å². The van der Waals surface area contributed by atoms with Crippen LogP contribution in [0, 0.1) is 0 Å². The van der Waals surface area contributed by atoms with Crippen LogP contribution in [0.2, 0.25) is 0 Å². The molecular formula is C31H32F3NO4S. The fraction of sp³-hybridized carbons (Fsp3) is 0.387. The predicted octanol–water partition coefficient (Wildman–Crippen LogP) is 7.23. The largest absolute Gasteiger partial charge is 0.466 e. The lowest BCUT2D eigenvalue weighted by atomic mass is 9.81. The molecule has 0 bridgehead atoms.